The quantitative estimate of drug-likeness (QED) is 0.815. The van der Waals surface area contributed by atoms with Crippen molar-refractivity contribution in [3.8, 4) is 5.75 Å². The third kappa shape index (κ3) is 4.69. The molecule has 21 heavy (non-hydrogen) atoms. The fraction of sp³-hybridized carbons (Fsp3) is 0.533. The van der Waals surface area contributed by atoms with Crippen LogP contribution in [0.15, 0.2) is 28.7 Å². The van der Waals surface area contributed by atoms with Gasteiger partial charge in [0.15, 0.2) is 0 Å². The maximum Gasteiger partial charge on any atom is 0.223 e. The van der Waals surface area contributed by atoms with Gasteiger partial charge in [0.2, 0.25) is 5.91 Å². The number of ether oxygens (including phenoxy) is 2. The molecule has 0 spiro atoms. The predicted molar refractivity (Wildman–Crippen MR) is 82.2 cm³/mol. The fourth-order valence-corrected chi connectivity index (χ4v) is 2.54. The molecule has 2 atom stereocenters. The normalized spacial score (nSPS) is 24.8. The molecule has 1 aliphatic rings. The number of amides is 1. The number of hydrogen-bond donors (Lipinski definition) is 2. The van der Waals surface area contributed by atoms with Crippen molar-refractivity contribution in [2.24, 2.45) is 0 Å². The molecule has 0 bridgehead atoms. The van der Waals surface area contributed by atoms with Crippen molar-refractivity contribution in [1.82, 2.24) is 5.32 Å². The van der Waals surface area contributed by atoms with Crippen LogP contribution in [0.1, 0.15) is 19.8 Å². The number of hydrogen-bond acceptors (Lipinski definition) is 4. The van der Waals surface area contributed by atoms with Crippen LogP contribution in [0.25, 0.3) is 0 Å². The highest BCUT2D eigenvalue weighted by atomic mass is 79.9. The van der Waals surface area contributed by atoms with E-state index in [-0.39, 0.29) is 25.0 Å². The van der Waals surface area contributed by atoms with Crippen LogP contribution in [0.2, 0.25) is 0 Å². The van der Waals surface area contributed by atoms with E-state index >= 15 is 0 Å². The lowest BCUT2D eigenvalue weighted by Crippen LogP contribution is -2.47. The van der Waals surface area contributed by atoms with Crippen LogP contribution in [0.4, 0.5) is 0 Å². The zero-order valence-electron chi connectivity index (χ0n) is 12.0. The molecule has 0 radical (unpaired) electrons. The molecule has 2 unspecified atom stereocenters. The second-order valence-electron chi connectivity index (χ2n) is 5.20. The standard InChI is InChI=1S/C15H20BrNO4/c1-11-15(19,6-8-20-11)10-17-14(18)5-7-21-13-4-2-3-12(16)9-13/h2-4,9,11,19H,5-8,10H2,1H3,(H,17,18). The molecule has 6 heteroatoms. The summed E-state index contributed by atoms with van der Waals surface area (Å²) in [5.41, 5.74) is -0.958. The summed E-state index contributed by atoms with van der Waals surface area (Å²) in [4.78, 5) is 11.8. The van der Waals surface area contributed by atoms with Gasteiger partial charge in [0, 0.05) is 24.0 Å². The van der Waals surface area contributed by atoms with Crippen molar-refractivity contribution in [2.45, 2.75) is 31.5 Å². The zero-order chi connectivity index (χ0) is 15.3. The van der Waals surface area contributed by atoms with E-state index in [4.69, 9.17) is 9.47 Å². The summed E-state index contributed by atoms with van der Waals surface area (Å²) < 4.78 is 11.8. The van der Waals surface area contributed by atoms with Gasteiger partial charge in [-0.3, -0.25) is 4.79 Å². The lowest BCUT2D eigenvalue weighted by Gasteiger charge is -2.26. The molecule has 116 valence electrons. The predicted octanol–water partition coefficient (Wildman–Crippen LogP) is 1.87. The first-order valence-corrected chi connectivity index (χ1v) is 7.78. The van der Waals surface area contributed by atoms with E-state index in [0.717, 1.165) is 4.47 Å². The maximum atomic E-state index is 11.8. The van der Waals surface area contributed by atoms with E-state index < -0.39 is 5.60 Å². The van der Waals surface area contributed by atoms with Gasteiger partial charge in [-0.15, -0.1) is 0 Å². The smallest absolute Gasteiger partial charge is 0.223 e. The Kier molecular flexibility index (Phi) is 5.61. The number of carbonyl (C=O) groups excluding carboxylic acids is 1. The first-order valence-electron chi connectivity index (χ1n) is 6.99. The van der Waals surface area contributed by atoms with Crippen LogP contribution in [0, 0.1) is 0 Å². The highest BCUT2D eigenvalue weighted by Crippen LogP contribution is 2.24. The lowest BCUT2D eigenvalue weighted by molar-refractivity contribution is -0.123. The van der Waals surface area contributed by atoms with Gasteiger partial charge in [0.05, 0.1) is 19.1 Å². The van der Waals surface area contributed by atoms with E-state index in [1.807, 2.05) is 31.2 Å². The van der Waals surface area contributed by atoms with Crippen LogP contribution >= 0.6 is 15.9 Å². The molecule has 1 amide bonds. The van der Waals surface area contributed by atoms with Crippen molar-refractivity contribution in [3.63, 3.8) is 0 Å². The van der Waals surface area contributed by atoms with Gasteiger partial charge in [-0.1, -0.05) is 22.0 Å². The number of benzene rings is 1. The van der Waals surface area contributed by atoms with Crippen molar-refractivity contribution in [1.29, 1.82) is 0 Å². The minimum atomic E-state index is -0.958. The van der Waals surface area contributed by atoms with Gasteiger partial charge in [0.25, 0.3) is 0 Å². The Morgan fingerprint density at radius 3 is 3.10 bits per heavy atom. The summed E-state index contributed by atoms with van der Waals surface area (Å²) in [5.74, 6) is 0.575. The van der Waals surface area contributed by atoms with E-state index in [9.17, 15) is 9.90 Å². The van der Waals surface area contributed by atoms with Crippen molar-refractivity contribution >= 4 is 21.8 Å². The number of nitrogens with one attached hydrogen (secondary N) is 1. The minimum Gasteiger partial charge on any atom is -0.493 e. The molecule has 1 aliphatic heterocycles. The van der Waals surface area contributed by atoms with Crippen LogP contribution in [-0.2, 0) is 9.53 Å². The summed E-state index contributed by atoms with van der Waals surface area (Å²) in [7, 11) is 0. The Morgan fingerprint density at radius 1 is 1.62 bits per heavy atom. The molecule has 5 nitrogen and oxygen atoms in total. The van der Waals surface area contributed by atoms with Gasteiger partial charge in [-0.05, 0) is 25.1 Å². The van der Waals surface area contributed by atoms with E-state index in [1.54, 1.807) is 0 Å². The number of carbonyl (C=O) groups is 1. The minimum absolute atomic E-state index is 0.141. The Morgan fingerprint density at radius 2 is 2.43 bits per heavy atom. The molecule has 2 rings (SSSR count). The summed E-state index contributed by atoms with van der Waals surface area (Å²) in [5, 5.41) is 13.0. The van der Waals surface area contributed by atoms with Gasteiger partial charge in [-0.25, -0.2) is 0 Å². The van der Waals surface area contributed by atoms with Crippen molar-refractivity contribution < 1.29 is 19.4 Å². The lowest BCUT2D eigenvalue weighted by atomic mass is 9.97. The highest BCUT2D eigenvalue weighted by Gasteiger charge is 2.39. The average molecular weight is 358 g/mol. The molecule has 0 aromatic heterocycles. The Balaban J connectivity index is 1.68. The molecule has 1 fully saturated rings. The topological polar surface area (TPSA) is 67.8 Å². The summed E-state index contributed by atoms with van der Waals surface area (Å²) in [6.07, 6.45) is 0.539. The fourth-order valence-electron chi connectivity index (χ4n) is 2.16. The molecule has 1 saturated heterocycles. The van der Waals surface area contributed by atoms with Crippen LogP contribution in [-0.4, -0.2) is 42.5 Å². The Hall–Kier alpha value is -1.11. The first-order chi connectivity index (χ1) is 9.99. The monoisotopic (exact) mass is 357 g/mol. The van der Waals surface area contributed by atoms with E-state index in [0.29, 0.717) is 25.4 Å². The molecule has 1 aromatic carbocycles. The third-order valence-corrected chi connectivity index (χ3v) is 4.14. The second-order valence-corrected chi connectivity index (χ2v) is 6.11. The number of halogens is 1. The SMILES string of the molecule is CC1OCCC1(O)CNC(=O)CCOc1cccc(Br)c1. The van der Waals surface area contributed by atoms with Gasteiger partial charge in [-0.2, -0.15) is 0 Å². The highest BCUT2D eigenvalue weighted by molar-refractivity contribution is 9.10. The third-order valence-electron chi connectivity index (χ3n) is 3.65. The molecule has 2 N–H and O–H groups in total. The summed E-state index contributed by atoms with van der Waals surface area (Å²) in [6, 6.07) is 7.46. The van der Waals surface area contributed by atoms with Crippen LogP contribution in [0.3, 0.4) is 0 Å². The van der Waals surface area contributed by atoms with Gasteiger partial charge in [0.1, 0.15) is 11.4 Å². The van der Waals surface area contributed by atoms with Crippen LogP contribution < -0.4 is 10.1 Å². The van der Waals surface area contributed by atoms with Gasteiger partial charge < -0.3 is 19.9 Å². The molecular formula is C15H20BrNO4. The number of rotatable bonds is 6. The molecule has 0 saturated carbocycles. The zero-order valence-corrected chi connectivity index (χ0v) is 13.6. The van der Waals surface area contributed by atoms with Crippen molar-refractivity contribution in [3.05, 3.63) is 28.7 Å². The second kappa shape index (κ2) is 7.24. The Labute approximate surface area is 132 Å². The first kappa shape index (κ1) is 16.3. The maximum absolute atomic E-state index is 11.8. The molecule has 1 heterocycles. The van der Waals surface area contributed by atoms with Crippen molar-refractivity contribution in [2.75, 3.05) is 19.8 Å². The molecular weight excluding hydrogens is 338 g/mol. The van der Waals surface area contributed by atoms with E-state index in [1.165, 1.54) is 0 Å². The number of aliphatic hydroxyl groups is 1. The largest absolute Gasteiger partial charge is 0.493 e. The van der Waals surface area contributed by atoms with Gasteiger partial charge >= 0.3 is 0 Å². The average Bonchev–Trinajstić information content (AvgIpc) is 2.77. The Bertz CT molecular complexity index is 496. The van der Waals surface area contributed by atoms with E-state index in [2.05, 4.69) is 21.2 Å². The molecule has 0 aliphatic carbocycles. The van der Waals surface area contributed by atoms with Crippen LogP contribution in [0.5, 0.6) is 5.75 Å². The molecule has 1 aromatic rings. The summed E-state index contributed by atoms with van der Waals surface area (Å²) in [6.45, 7) is 2.85. The summed E-state index contributed by atoms with van der Waals surface area (Å²) >= 11 is 3.36.